The lowest BCUT2D eigenvalue weighted by Gasteiger charge is -2.30. The van der Waals surface area contributed by atoms with E-state index in [1.54, 1.807) is 0 Å². The van der Waals surface area contributed by atoms with E-state index in [2.05, 4.69) is 12.2 Å². The second-order valence-electron chi connectivity index (χ2n) is 4.79. The highest BCUT2D eigenvalue weighted by Crippen LogP contribution is 2.16. The molecule has 0 radical (unpaired) electrons. The molecule has 0 bridgehead atoms. The van der Waals surface area contributed by atoms with Gasteiger partial charge >= 0.3 is 0 Å². The topological polar surface area (TPSA) is 55.1 Å². The van der Waals surface area contributed by atoms with Crippen LogP contribution in [0.15, 0.2) is 0 Å². The van der Waals surface area contributed by atoms with Crippen molar-refractivity contribution in [2.45, 2.75) is 65.3 Å². The van der Waals surface area contributed by atoms with Crippen LogP contribution in [0.4, 0.5) is 0 Å². The summed E-state index contributed by atoms with van der Waals surface area (Å²) in [5.74, 6) is 0.160. The van der Waals surface area contributed by atoms with Gasteiger partial charge in [-0.1, -0.05) is 45.8 Å². The third-order valence-electron chi connectivity index (χ3n) is 3.42. The Morgan fingerprint density at radius 1 is 1.41 bits per heavy atom. The fraction of sp³-hybridized carbons (Fsp3) is 0.846. The maximum Gasteiger partial charge on any atom is 0.223 e. The van der Waals surface area contributed by atoms with Crippen LogP contribution in [-0.4, -0.2) is 16.4 Å². The Hall–Kier alpha value is -0.640. The minimum absolute atomic E-state index is 0.0789. The summed E-state index contributed by atoms with van der Waals surface area (Å²) in [4.78, 5) is 12.5. The SMILES string of the molecule is CCCCC(CC)C(=O)NC(C)(CC)C(N)=S. The Labute approximate surface area is 111 Å². The number of hydrogen-bond acceptors (Lipinski definition) is 2. The highest BCUT2D eigenvalue weighted by atomic mass is 32.1. The molecule has 17 heavy (non-hydrogen) atoms. The zero-order valence-electron chi connectivity index (χ0n) is 11.5. The van der Waals surface area contributed by atoms with Crippen LogP contribution in [-0.2, 0) is 4.79 Å². The zero-order chi connectivity index (χ0) is 13.5. The molecular weight excluding hydrogens is 232 g/mol. The van der Waals surface area contributed by atoms with E-state index in [9.17, 15) is 4.79 Å². The average Bonchev–Trinajstić information content (AvgIpc) is 2.29. The van der Waals surface area contributed by atoms with Crippen molar-refractivity contribution in [3.8, 4) is 0 Å². The molecule has 0 heterocycles. The number of carbonyl (C=O) groups is 1. The van der Waals surface area contributed by atoms with Crippen molar-refractivity contribution in [1.82, 2.24) is 5.32 Å². The second-order valence-corrected chi connectivity index (χ2v) is 5.23. The van der Waals surface area contributed by atoms with Gasteiger partial charge in [0.05, 0.1) is 10.5 Å². The zero-order valence-corrected chi connectivity index (χ0v) is 12.3. The van der Waals surface area contributed by atoms with E-state index in [4.69, 9.17) is 18.0 Å². The molecular formula is C13H26N2OS. The van der Waals surface area contributed by atoms with Gasteiger partial charge in [0.2, 0.25) is 5.91 Å². The Balaban J connectivity index is 4.53. The molecule has 0 aliphatic carbocycles. The summed E-state index contributed by atoms with van der Waals surface area (Å²) in [7, 11) is 0. The first-order valence-corrected chi connectivity index (χ1v) is 6.94. The van der Waals surface area contributed by atoms with Crippen molar-refractivity contribution in [3.05, 3.63) is 0 Å². The minimum atomic E-state index is -0.550. The molecule has 3 N–H and O–H groups in total. The fourth-order valence-corrected chi connectivity index (χ4v) is 1.86. The van der Waals surface area contributed by atoms with Crippen LogP contribution >= 0.6 is 12.2 Å². The van der Waals surface area contributed by atoms with Gasteiger partial charge < -0.3 is 11.1 Å². The normalized spacial score (nSPS) is 16.0. The average molecular weight is 258 g/mol. The number of carbonyl (C=O) groups excluding carboxylic acids is 1. The Morgan fingerprint density at radius 3 is 2.35 bits per heavy atom. The maximum atomic E-state index is 12.1. The molecule has 0 spiro atoms. The van der Waals surface area contributed by atoms with E-state index < -0.39 is 5.54 Å². The summed E-state index contributed by atoms with van der Waals surface area (Å²) < 4.78 is 0. The highest BCUT2D eigenvalue weighted by molar-refractivity contribution is 7.80. The number of hydrogen-bond donors (Lipinski definition) is 2. The molecule has 0 aliphatic rings. The quantitative estimate of drug-likeness (QED) is 0.658. The molecule has 0 aromatic carbocycles. The maximum absolute atomic E-state index is 12.1. The minimum Gasteiger partial charge on any atom is -0.391 e. The van der Waals surface area contributed by atoms with Gasteiger partial charge in [0.1, 0.15) is 0 Å². The van der Waals surface area contributed by atoms with E-state index in [-0.39, 0.29) is 11.8 Å². The first kappa shape index (κ1) is 16.4. The molecule has 0 aliphatic heterocycles. The smallest absolute Gasteiger partial charge is 0.223 e. The molecule has 0 fully saturated rings. The van der Waals surface area contributed by atoms with Gasteiger partial charge in [0, 0.05) is 5.92 Å². The fourth-order valence-electron chi connectivity index (χ4n) is 1.67. The number of nitrogens with one attached hydrogen (secondary N) is 1. The van der Waals surface area contributed by atoms with Crippen LogP contribution in [0.2, 0.25) is 0 Å². The summed E-state index contributed by atoms with van der Waals surface area (Å²) in [6, 6.07) is 0. The van der Waals surface area contributed by atoms with Gasteiger partial charge in [-0.25, -0.2) is 0 Å². The summed E-state index contributed by atoms with van der Waals surface area (Å²) in [6.45, 7) is 8.05. The van der Waals surface area contributed by atoms with Gasteiger partial charge in [-0.2, -0.15) is 0 Å². The third kappa shape index (κ3) is 5.02. The van der Waals surface area contributed by atoms with Crippen molar-refractivity contribution in [2.75, 3.05) is 0 Å². The van der Waals surface area contributed by atoms with Gasteiger partial charge in [-0.05, 0) is 26.2 Å². The Morgan fingerprint density at radius 2 is 2.00 bits per heavy atom. The predicted molar refractivity (Wildman–Crippen MR) is 76.9 cm³/mol. The molecule has 0 saturated heterocycles. The summed E-state index contributed by atoms with van der Waals surface area (Å²) in [5, 5.41) is 3.00. The predicted octanol–water partition coefficient (Wildman–Crippen LogP) is 2.77. The van der Waals surface area contributed by atoms with Crippen LogP contribution in [0, 0.1) is 5.92 Å². The van der Waals surface area contributed by atoms with Crippen LogP contribution in [0.3, 0.4) is 0 Å². The molecule has 2 atom stereocenters. The standard InChI is InChI=1S/C13H26N2OS/c1-5-8-9-10(6-2)11(16)15-13(4,7-3)12(14)17/h10H,5-9H2,1-4H3,(H2,14,17)(H,15,16). The lowest BCUT2D eigenvalue weighted by atomic mass is 9.94. The van der Waals surface area contributed by atoms with Crippen LogP contribution in [0.1, 0.15) is 59.8 Å². The molecule has 0 saturated carbocycles. The monoisotopic (exact) mass is 258 g/mol. The summed E-state index contributed by atoms with van der Waals surface area (Å²) in [6.07, 6.45) is 4.73. The lowest BCUT2D eigenvalue weighted by Crippen LogP contribution is -2.55. The van der Waals surface area contributed by atoms with E-state index in [1.165, 1.54) is 0 Å². The third-order valence-corrected chi connectivity index (χ3v) is 3.87. The largest absolute Gasteiger partial charge is 0.391 e. The van der Waals surface area contributed by atoms with Crippen LogP contribution < -0.4 is 11.1 Å². The van der Waals surface area contributed by atoms with Gasteiger partial charge in [0.25, 0.3) is 0 Å². The van der Waals surface area contributed by atoms with Crippen molar-refractivity contribution in [3.63, 3.8) is 0 Å². The van der Waals surface area contributed by atoms with Gasteiger partial charge in [-0.3, -0.25) is 4.79 Å². The van der Waals surface area contributed by atoms with Gasteiger partial charge in [0.15, 0.2) is 0 Å². The number of rotatable bonds is 8. The molecule has 4 heteroatoms. The number of unbranched alkanes of at least 4 members (excludes halogenated alkanes) is 1. The van der Waals surface area contributed by atoms with E-state index in [1.807, 2.05) is 20.8 Å². The van der Waals surface area contributed by atoms with E-state index in [0.29, 0.717) is 4.99 Å². The molecule has 1 amide bonds. The molecule has 0 aromatic rings. The Bertz CT molecular complexity index is 268. The van der Waals surface area contributed by atoms with Crippen LogP contribution in [0.25, 0.3) is 0 Å². The van der Waals surface area contributed by atoms with Crippen LogP contribution in [0.5, 0.6) is 0 Å². The summed E-state index contributed by atoms with van der Waals surface area (Å²) >= 11 is 5.02. The second kappa shape index (κ2) is 7.64. The van der Waals surface area contributed by atoms with Gasteiger partial charge in [-0.15, -0.1) is 0 Å². The van der Waals surface area contributed by atoms with Crippen molar-refractivity contribution >= 4 is 23.1 Å². The molecule has 0 aromatic heterocycles. The Kier molecular flexibility index (Phi) is 7.35. The molecule has 3 nitrogen and oxygen atoms in total. The number of amides is 1. The molecule has 100 valence electrons. The van der Waals surface area contributed by atoms with E-state index >= 15 is 0 Å². The number of thiocarbonyl (C=S) groups is 1. The number of nitrogens with two attached hydrogens (primary N) is 1. The van der Waals surface area contributed by atoms with E-state index in [0.717, 1.165) is 32.1 Å². The first-order valence-electron chi connectivity index (χ1n) is 6.53. The molecule has 0 rings (SSSR count). The van der Waals surface area contributed by atoms with Crippen molar-refractivity contribution in [2.24, 2.45) is 11.7 Å². The first-order chi connectivity index (χ1) is 7.91. The molecule has 2 unspecified atom stereocenters. The highest BCUT2D eigenvalue weighted by Gasteiger charge is 2.29. The van der Waals surface area contributed by atoms with Crippen molar-refractivity contribution in [1.29, 1.82) is 0 Å². The summed E-state index contributed by atoms with van der Waals surface area (Å²) in [5.41, 5.74) is 5.14. The lowest BCUT2D eigenvalue weighted by molar-refractivity contribution is -0.126. The van der Waals surface area contributed by atoms with Crippen molar-refractivity contribution < 1.29 is 4.79 Å².